The number of rotatable bonds is 8. The number of alkyl halides is 3. The molecule has 8 nitrogen and oxygen atoms in total. The van der Waals surface area contributed by atoms with Crippen molar-refractivity contribution >= 4 is 5.82 Å². The number of benzene rings is 1. The first-order valence-corrected chi connectivity index (χ1v) is 12.0. The summed E-state index contributed by atoms with van der Waals surface area (Å²) >= 11 is 0. The summed E-state index contributed by atoms with van der Waals surface area (Å²) in [5, 5.41) is 8.72. The van der Waals surface area contributed by atoms with E-state index in [9.17, 15) is 13.2 Å². The fourth-order valence-electron chi connectivity index (χ4n) is 4.53. The fourth-order valence-corrected chi connectivity index (χ4v) is 4.53. The minimum atomic E-state index is -4.57. The molecule has 2 N–H and O–H groups in total. The largest absolute Gasteiger partial charge is 0.419 e. The SMILES string of the molecule is CN(C)CCn1cc(-c2nc(C(C)(c3ccc(-c4cnc(N)c(C(F)(F)F)c4)cc3)C3CC3)no2)cn1. The quantitative estimate of drug-likeness (QED) is 0.360. The van der Waals surface area contributed by atoms with Crippen molar-refractivity contribution in [3.63, 3.8) is 0 Å². The number of hydrogen-bond acceptors (Lipinski definition) is 7. The minimum Gasteiger partial charge on any atom is -0.383 e. The molecule has 1 unspecified atom stereocenters. The number of pyridine rings is 1. The standard InChI is InChI=1S/C26H28F3N7O/c1-25(20-8-9-20,24-33-23(37-34-24)18-14-32-36(15-18)11-10-35(2)3)19-6-4-16(5-7-19)17-12-21(26(27,28)29)22(30)31-13-17/h4-7,12-15,20H,8-11H2,1-3H3,(H2,30,31). The molecule has 1 saturated carbocycles. The van der Waals surface area contributed by atoms with E-state index in [1.54, 1.807) is 18.3 Å². The van der Waals surface area contributed by atoms with Crippen molar-refractivity contribution < 1.29 is 17.7 Å². The molecule has 3 heterocycles. The molecule has 194 valence electrons. The van der Waals surface area contributed by atoms with Crippen molar-refractivity contribution in [3.8, 4) is 22.6 Å². The van der Waals surface area contributed by atoms with E-state index < -0.39 is 23.0 Å². The van der Waals surface area contributed by atoms with Crippen molar-refractivity contribution in [1.82, 2.24) is 29.8 Å². The maximum atomic E-state index is 13.3. The Morgan fingerprint density at radius 1 is 1.08 bits per heavy atom. The molecular weight excluding hydrogens is 483 g/mol. The van der Waals surface area contributed by atoms with Crippen LogP contribution in [-0.4, -0.2) is 50.4 Å². The molecule has 1 aliphatic carbocycles. The van der Waals surface area contributed by atoms with Crippen molar-refractivity contribution in [2.24, 2.45) is 5.92 Å². The zero-order valence-electron chi connectivity index (χ0n) is 20.8. The summed E-state index contributed by atoms with van der Waals surface area (Å²) in [6.07, 6.45) is 2.44. The average molecular weight is 512 g/mol. The molecule has 1 fully saturated rings. The van der Waals surface area contributed by atoms with Crippen LogP contribution >= 0.6 is 0 Å². The van der Waals surface area contributed by atoms with Gasteiger partial charge in [0.05, 0.1) is 29.3 Å². The number of anilines is 1. The zero-order chi connectivity index (χ0) is 26.4. The summed E-state index contributed by atoms with van der Waals surface area (Å²) in [6, 6.07) is 8.43. The number of nitrogens with two attached hydrogens (primary N) is 1. The highest BCUT2D eigenvalue weighted by Crippen LogP contribution is 2.50. The molecule has 37 heavy (non-hydrogen) atoms. The Kier molecular flexibility index (Phi) is 6.26. The first kappa shape index (κ1) is 24.9. The van der Waals surface area contributed by atoms with Crippen LogP contribution in [0, 0.1) is 5.92 Å². The molecule has 0 bridgehead atoms. The van der Waals surface area contributed by atoms with Gasteiger partial charge >= 0.3 is 6.18 Å². The Balaban J connectivity index is 1.42. The van der Waals surface area contributed by atoms with E-state index in [4.69, 9.17) is 15.2 Å². The Morgan fingerprint density at radius 2 is 1.81 bits per heavy atom. The molecule has 4 aromatic rings. The van der Waals surface area contributed by atoms with E-state index in [2.05, 4.69) is 27.1 Å². The second-order valence-electron chi connectivity index (χ2n) is 9.93. The van der Waals surface area contributed by atoms with E-state index in [0.29, 0.717) is 28.8 Å². The van der Waals surface area contributed by atoms with Crippen LogP contribution in [-0.2, 0) is 18.1 Å². The molecule has 5 rings (SSSR count). The number of likely N-dealkylation sites (N-methyl/N-ethyl adjacent to an activating group) is 1. The second-order valence-corrected chi connectivity index (χ2v) is 9.93. The Hall–Kier alpha value is -3.73. The van der Waals surface area contributed by atoms with Crippen molar-refractivity contribution in [3.05, 3.63) is 65.9 Å². The minimum absolute atomic E-state index is 0.335. The van der Waals surface area contributed by atoms with E-state index in [1.807, 2.05) is 37.1 Å². The van der Waals surface area contributed by atoms with Crippen molar-refractivity contribution in [1.29, 1.82) is 0 Å². The number of nitrogen functional groups attached to an aromatic ring is 1. The number of aromatic nitrogens is 5. The van der Waals surface area contributed by atoms with Crippen molar-refractivity contribution in [2.75, 3.05) is 26.4 Å². The lowest BCUT2D eigenvalue weighted by Gasteiger charge is -2.27. The summed E-state index contributed by atoms with van der Waals surface area (Å²) in [6.45, 7) is 3.69. The molecule has 3 aromatic heterocycles. The molecule has 1 aromatic carbocycles. The Morgan fingerprint density at radius 3 is 2.46 bits per heavy atom. The lowest BCUT2D eigenvalue weighted by Crippen LogP contribution is -2.28. The third-order valence-electron chi connectivity index (χ3n) is 6.98. The van der Waals surface area contributed by atoms with Gasteiger partial charge in [-0.05, 0) is 57.0 Å². The van der Waals surface area contributed by atoms with Gasteiger partial charge in [0.1, 0.15) is 5.82 Å². The summed E-state index contributed by atoms with van der Waals surface area (Å²) in [5.41, 5.74) is 6.67. The smallest absolute Gasteiger partial charge is 0.383 e. The van der Waals surface area contributed by atoms with Crippen LogP contribution in [0.25, 0.3) is 22.6 Å². The van der Waals surface area contributed by atoms with Gasteiger partial charge in [0.25, 0.3) is 5.89 Å². The third kappa shape index (κ3) is 4.95. The van der Waals surface area contributed by atoms with Crippen molar-refractivity contribution in [2.45, 2.75) is 37.9 Å². The Bertz CT molecular complexity index is 1390. The van der Waals surface area contributed by atoms with E-state index >= 15 is 0 Å². The molecule has 0 spiro atoms. The van der Waals surface area contributed by atoms with Gasteiger partial charge in [0, 0.05) is 24.5 Å². The molecule has 1 aliphatic rings. The van der Waals surface area contributed by atoms with Crippen LogP contribution in [0.15, 0.2) is 53.4 Å². The topological polar surface area (TPSA) is 98.9 Å². The number of hydrogen-bond donors (Lipinski definition) is 1. The maximum absolute atomic E-state index is 13.3. The van der Waals surface area contributed by atoms with Gasteiger partial charge in [-0.2, -0.15) is 23.3 Å². The van der Waals surface area contributed by atoms with E-state index in [0.717, 1.165) is 43.1 Å². The predicted octanol–water partition coefficient (Wildman–Crippen LogP) is 4.87. The Labute approximate surface area is 212 Å². The summed E-state index contributed by atoms with van der Waals surface area (Å²) in [4.78, 5) is 10.6. The zero-order valence-corrected chi connectivity index (χ0v) is 20.8. The lowest BCUT2D eigenvalue weighted by molar-refractivity contribution is -0.137. The van der Waals surface area contributed by atoms with Gasteiger partial charge in [0.2, 0.25) is 0 Å². The molecule has 11 heteroatoms. The monoisotopic (exact) mass is 511 g/mol. The maximum Gasteiger partial charge on any atom is 0.419 e. The van der Waals surface area contributed by atoms with Crippen LogP contribution in [0.2, 0.25) is 0 Å². The molecule has 0 saturated heterocycles. The van der Waals surface area contributed by atoms with Crippen LogP contribution in [0.5, 0.6) is 0 Å². The molecule has 1 atom stereocenters. The first-order chi connectivity index (χ1) is 17.6. The lowest BCUT2D eigenvalue weighted by atomic mass is 9.76. The summed E-state index contributed by atoms with van der Waals surface area (Å²) in [5.74, 6) is 0.779. The fraction of sp³-hybridized carbons (Fsp3) is 0.385. The van der Waals surface area contributed by atoms with Gasteiger partial charge in [-0.1, -0.05) is 29.4 Å². The highest BCUT2D eigenvalue weighted by Gasteiger charge is 2.47. The number of nitrogens with zero attached hydrogens (tertiary/aromatic N) is 6. The molecule has 0 amide bonds. The average Bonchev–Trinajstić information content (AvgIpc) is 3.41. The molecule has 0 aliphatic heterocycles. The van der Waals surface area contributed by atoms with Crippen LogP contribution < -0.4 is 5.73 Å². The highest BCUT2D eigenvalue weighted by atomic mass is 19.4. The summed E-state index contributed by atoms with van der Waals surface area (Å²) < 4.78 is 47.4. The summed E-state index contributed by atoms with van der Waals surface area (Å²) in [7, 11) is 4.01. The van der Waals surface area contributed by atoms with E-state index in [-0.39, 0.29) is 0 Å². The van der Waals surface area contributed by atoms with Crippen LogP contribution in [0.3, 0.4) is 0 Å². The van der Waals surface area contributed by atoms with Gasteiger partial charge in [-0.25, -0.2) is 4.98 Å². The highest BCUT2D eigenvalue weighted by molar-refractivity contribution is 5.66. The predicted molar refractivity (Wildman–Crippen MR) is 132 cm³/mol. The first-order valence-electron chi connectivity index (χ1n) is 12.0. The van der Waals surface area contributed by atoms with Crippen LogP contribution in [0.4, 0.5) is 19.0 Å². The molecule has 0 radical (unpaired) electrons. The second kappa shape index (κ2) is 9.29. The van der Waals surface area contributed by atoms with E-state index in [1.165, 1.54) is 6.20 Å². The van der Waals surface area contributed by atoms with Gasteiger partial charge in [-0.15, -0.1) is 0 Å². The molecular formula is C26H28F3N7O. The van der Waals surface area contributed by atoms with Gasteiger partial charge in [0.15, 0.2) is 5.82 Å². The van der Waals surface area contributed by atoms with Gasteiger partial charge < -0.3 is 15.2 Å². The number of halogens is 3. The van der Waals surface area contributed by atoms with Gasteiger partial charge in [-0.3, -0.25) is 4.68 Å². The third-order valence-corrected chi connectivity index (χ3v) is 6.98. The normalized spacial score (nSPS) is 15.8. The van der Waals surface area contributed by atoms with Crippen LogP contribution in [0.1, 0.15) is 36.7 Å².